The van der Waals surface area contributed by atoms with E-state index in [9.17, 15) is 19.7 Å². The maximum Gasteiger partial charge on any atom is 0.338 e. The Morgan fingerprint density at radius 1 is 1.11 bits per heavy atom. The summed E-state index contributed by atoms with van der Waals surface area (Å²) in [6, 6.07) is 15.4. The highest BCUT2D eigenvalue weighted by Gasteiger charge is 2.32. The monoisotopic (exact) mass is 671 g/mol. The average molecular weight is 673 g/mol. The summed E-state index contributed by atoms with van der Waals surface area (Å²) in [5.74, 6) is -0.515. The van der Waals surface area contributed by atoms with Crippen molar-refractivity contribution < 1.29 is 28.7 Å². The van der Waals surface area contributed by atoms with Crippen LogP contribution >= 0.6 is 35.4 Å². The molecule has 234 valence electrons. The quantitative estimate of drug-likeness (QED) is 0.0753. The number of non-ortho nitro benzene ring substituents is 1. The van der Waals surface area contributed by atoms with Crippen LogP contribution in [-0.2, 0) is 20.9 Å². The predicted molar refractivity (Wildman–Crippen MR) is 173 cm³/mol. The number of nitro benzene ring substituents is 1. The van der Waals surface area contributed by atoms with E-state index < -0.39 is 22.8 Å². The highest BCUT2D eigenvalue weighted by Crippen LogP contribution is 2.35. The van der Waals surface area contributed by atoms with Crippen molar-refractivity contribution in [2.75, 3.05) is 13.2 Å². The van der Waals surface area contributed by atoms with Gasteiger partial charge in [0.25, 0.3) is 11.6 Å². The van der Waals surface area contributed by atoms with Crippen LogP contribution in [0.1, 0.15) is 36.6 Å². The van der Waals surface area contributed by atoms with E-state index in [0.29, 0.717) is 38.8 Å². The molecule has 0 spiro atoms. The number of nitro groups is 1. The van der Waals surface area contributed by atoms with Crippen LogP contribution in [0.2, 0.25) is 10.0 Å². The summed E-state index contributed by atoms with van der Waals surface area (Å²) in [6.07, 6.45) is 1.34. The zero-order chi connectivity index (χ0) is 32.5. The maximum absolute atomic E-state index is 12.7. The number of carbonyl (C=O) groups is 2. The second-order valence-corrected chi connectivity index (χ2v) is 10.7. The number of benzene rings is 3. The number of para-hydroxylation sites is 1. The molecule has 1 aliphatic rings. The molecule has 1 atom stereocenters. The van der Waals surface area contributed by atoms with Crippen LogP contribution in [0, 0.1) is 10.1 Å². The van der Waals surface area contributed by atoms with E-state index in [0.717, 1.165) is 0 Å². The number of nitrogens with one attached hydrogen (secondary N) is 3. The molecular formula is C30H27Cl2N5O7S. The third-order valence-corrected chi connectivity index (χ3v) is 7.06. The molecule has 0 radical (unpaired) electrons. The lowest BCUT2D eigenvalue weighted by molar-refractivity contribution is -0.384. The normalized spacial score (nSPS) is 14.4. The summed E-state index contributed by atoms with van der Waals surface area (Å²) in [6.45, 7) is 3.27. The van der Waals surface area contributed by atoms with Crippen LogP contribution in [0.3, 0.4) is 0 Å². The van der Waals surface area contributed by atoms with Gasteiger partial charge in [-0.2, -0.15) is 5.10 Å². The number of rotatable bonds is 12. The van der Waals surface area contributed by atoms with E-state index in [1.807, 2.05) is 0 Å². The molecule has 0 unspecified atom stereocenters. The Hall–Kier alpha value is -4.72. The SMILES string of the molecule is CCOC(=O)C1=C(C)NC(=S)N[C@@H]1c1ccccc1OCC(=O)NN=Cc1cc(Cl)c(OCc2cccc([N+](=O)[O-])c2)c(Cl)c1. The van der Waals surface area contributed by atoms with E-state index in [4.69, 9.17) is 49.6 Å². The van der Waals surface area contributed by atoms with E-state index in [1.165, 1.54) is 30.5 Å². The van der Waals surface area contributed by atoms with Gasteiger partial charge in [-0.05, 0) is 55.4 Å². The lowest BCUT2D eigenvalue weighted by Gasteiger charge is -2.30. The van der Waals surface area contributed by atoms with Crippen LogP contribution in [0.25, 0.3) is 0 Å². The minimum Gasteiger partial charge on any atom is -0.486 e. The minimum atomic E-state index is -0.664. The van der Waals surface area contributed by atoms with Crippen molar-refractivity contribution in [3.8, 4) is 11.5 Å². The van der Waals surface area contributed by atoms with Gasteiger partial charge >= 0.3 is 5.97 Å². The molecule has 0 saturated heterocycles. The average Bonchev–Trinajstić information content (AvgIpc) is 2.99. The molecule has 3 aromatic rings. The molecule has 0 saturated carbocycles. The summed E-state index contributed by atoms with van der Waals surface area (Å²) >= 11 is 18.0. The number of amides is 1. The molecule has 15 heteroatoms. The van der Waals surface area contributed by atoms with Crippen LogP contribution in [0.4, 0.5) is 5.69 Å². The molecule has 0 aromatic heterocycles. The number of nitrogens with zero attached hydrogens (tertiary/aromatic N) is 2. The van der Waals surface area contributed by atoms with Crippen molar-refractivity contribution in [1.82, 2.24) is 16.1 Å². The summed E-state index contributed by atoms with van der Waals surface area (Å²) in [5.41, 5.74) is 4.82. The van der Waals surface area contributed by atoms with E-state index in [1.54, 1.807) is 50.2 Å². The Morgan fingerprint density at radius 2 is 1.84 bits per heavy atom. The van der Waals surface area contributed by atoms with Crippen molar-refractivity contribution in [1.29, 1.82) is 0 Å². The predicted octanol–water partition coefficient (Wildman–Crippen LogP) is 5.37. The number of allylic oxidation sites excluding steroid dienone is 1. The number of hydrazone groups is 1. The fraction of sp³-hybridized carbons (Fsp3) is 0.200. The van der Waals surface area contributed by atoms with Crippen molar-refractivity contribution in [2.45, 2.75) is 26.5 Å². The summed E-state index contributed by atoms with van der Waals surface area (Å²) < 4.78 is 16.7. The summed E-state index contributed by atoms with van der Waals surface area (Å²) in [7, 11) is 0. The standard InChI is InChI=1S/C30H27Cl2N5O7S/c1-3-42-29(39)26-17(2)34-30(45)35-27(26)21-9-4-5-10-24(21)43-16-25(38)36-33-14-19-12-22(31)28(23(32)13-19)44-15-18-7-6-8-20(11-18)37(40)41/h4-14,27H,3,15-16H2,1-2H3,(H,36,38)(H2,34,35,45)/t27-/m1/s1. The number of thiocarbonyl (C=S) groups is 1. The molecule has 0 aliphatic carbocycles. The lowest BCUT2D eigenvalue weighted by atomic mass is 9.95. The van der Waals surface area contributed by atoms with Gasteiger partial charge < -0.3 is 24.8 Å². The molecule has 0 bridgehead atoms. The maximum atomic E-state index is 12.7. The first-order valence-electron chi connectivity index (χ1n) is 13.4. The van der Waals surface area contributed by atoms with Crippen LogP contribution in [-0.4, -0.2) is 41.3 Å². The molecule has 1 aliphatic heterocycles. The number of esters is 1. The van der Waals surface area contributed by atoms with Gasteiger partial charge in [0, 0.05) is 23.4 Å². The van der Waals surface area contributed by atoms with Gasteiger partial charge in [0.15, 0.2) is 17.5 Å². The molecule has 0 fully saturated rings. The molecule has 1 heterocycles. The van der Waals surface area contributed by atoms with Gasteiger partial charge in [-0.3, -0.25) is 14.9 Å². The molecule has 45 heavy (non-hydrogen) atoms. The zero-order valence-corrected chi connectivity index (χ0v) is 26.3. The number of ether oxygens (including phenoxy) is 3. The first kappa shape index (κ1) is 33.2. The molecule has 1 amide bonds. The third-order valence-electron chi connectivity index (χ3n) is 6.28. The fourth-order valence-corrected chi connectivity index (χ4v) is 5.20. The topological polar surface area (TPSA) is 153 Å². The third kappa shape index (κ3) is 8.69. The minimum absolute atomic E-state index is 0.00809. The highest BCUT2D eigenvalue weighted by atomic mass is 35.5. The number of carbonyl (C=O) groups excluding carboxylic acids is 2. The Kier molecular flexibility index (Phi) is 11.3. The first-order valence-corrected chi connectivity index (χ1v) is 14.6. The molecular weight excluding hydrogens is 645 g/mol. The lowest BCUT2D eigenvalue weighted by Crippen LogP contribution is -2.45. The summed E-state index contributed by atoms with van der Waals surface area (Å²) in [5, 5.41) is 21.6. The van der Waals surface area contributed by atoms with Gasteiger partial charge in [0.2, 0.25) is 0 Å². The van der Waals surface area contributed by atoms with E-state index in [2.05, 4.69) is 21.2 Å². The van der Waals surface area contributed by atoms with Crippen molar-refractivity contribution in [3.63, 3.8) is 0 Å². The van der Waals surface area contributed by atoms with Crippen molar-refractivity contribution in [3.05, 3.63) is 109 Å². The second-order valence-electron chi connectivity index (χ2n) is 9.44. The molecule has 3 aromatic carbocycles. The number of hydrogen-bond acceptors (Lipinski definition) is 9. The Balaban J connectivity index is 1.37. The smallest absolute Gasteiger partial charge is 0.338 e. The second kappa shape index (κ2) is 15.3. The Labute approximate surface area is 273 Å². The van der Waals surface area contributed by atoms with Crippen LogP contribution < -0.4 is 25.5 Å². The van der Waals surface area contributed by atoms with Gasteiger partial charge in [0.1, 0.15) is 12.4 Å². The van der Waals surface area contributed by atoms with Crippen LogP contribution in [0.15, 0.2) is 77.0 Å². The Morgan fingerprint density at radius 3 is 2.56 bits per heavy atom. The summed E-state index contributed by atoms with van der Waals surface area (Å²) in [4.78, 5) is 35.8. The fourth-order valence-electron chi connectivity index (χ4n) is 4.32. The molecule has 12 nitrogen and oxygen atoms in total. The van der Waals surface area contributed by atoms with Crippen molar-refractivity contribution >= 4 is 64.3 Å². The molecule has 3 N–H and O–H groups in total. The highest BCUT2D eigenvalue weighted by molar-refractivity contribution is 7.80. The van der Waals surface area contributed by atoms with Gasteiger partial charge in [-0.25, -0.2) is 10.2 Å². The zero-order valence-electron chi connectivity index (χ0n) is 24.0. The van der Waals surface area contributed by atoms with Gasteiger partial charge in [-0.1, -0.05) is 53.5 Å². The Bertz CT molecular complexity index is 1680. The first-order chi connectivity index (χ1) is 21.6. The van der Waals surface area contributed by atoms with E-state index >= 15 is 0 Å². The molecule has 4 rings (SSSR count). The number of hydrogen-bond donors (Lipinski definition) is 3. The van der Waals surface area contributed by atoms with Gasteiger partial charge in [0.05, 0.1) is 39.4 Å². The van der Waals surface area contributed by atoms with E-state index in [-0.39, 0.29) is 41.3 Å². The van der Waals surface area contributed by atoms with Crippen LogP contribution in [0.5, 0.6) is 11.5 Å². The van der Waals surface area contributed by atoms with Crippen molar-refractivity contribution in [2.24, 2.45) is 5.10 Å². The largest absolute Gasteiger partial charge is 0.486 e. The number of halogens is 2. The van der Waals surface area contributed by atoms with Gasteiger partial charge in [-0.15, -0.1) is 0 Å².